The molecule has 0 aliphatic carbocycles. The molecule has 12 heteroatoms. The predicted molar refractivity (Wildman–Crippen MR) is 152 cm³/mol. The molecule has 2 aliphatic heterocycles. The van der Waals surface area contributed by atoms with Gasteiger partial charge in [-0.3, -0.25) is 9.71 Å². The van der Waals surface area contributed by atoms with E-state index < -0.39 is 20.9 Å². The van der Waals surface area contributed by atoms with E-state index in [-0.39, 0.29) is 25.1 Å². The third-order valence-electron chi connectivity index (χ3n) is 6.80. The first-order valence-corrected chi connectivity index (χ1v) is 14.5. The molecule has 0 bridgehead atoms. The number of nitrogens with one attached hydrogen (secondary N) is 2. The van der Waals surface area contributed by atoms with E-state index >= 15 is 0 Å². The van der Waals surface area contributed by atoms with Gasteiger partial charge in [0.25, 0.3) is 10.0 Å². The van der Waals surface area contributed by atoms with Gasteiger partial charge in [0.15, 0.2) is 4.91 Å². The number of amidine groups is 1. The van der Waals surface area contributed by atoms with Crippen LogP contribution in [-0.4, -0.2) is 55.8 Å². The predicted octanol–water partition coefficient (Wildman–Crippen LogP) is 2.85. The van der Waals surface area contributed by atoms with Crippen LogP contribution in [0.2, 0.25) is 0 Å². The molecule has 0 amide bonds. The summed E-state index contributed by atoms with van der Waals surface area (Å²) in [6, 6.07) is 14.0. The Kier molecular flexibility index (Phi) is 7.63. The number of benzene rings is 2. The molecular weight excluding hydrogens is 532 g/mol. The number of nitrogens with two attached hydrogens (primary N) is 1. The van der Waals surface area contributed by atoms with Gasteiger partial charge >= 0.3 is 5.97 Å². The molecule has 1 saturated heterocycles. The largest absolute Gasteiger partial charge is 0.490 e. The Labute approximate surface area is 233 Å². The summed E-state index contributed by atoms with van der Waals surface area (Å²) in [4.78, 5) is 12.4. The van der Waals surface area contributed by atoms with E-state index in [9.17, 15) is 13.2 Å². The first kappa shape index (κ1) is 27.4. The molecule has 210 valence electrons. The van der Waals surface area contributed by atoms with E-state index in [2.05, 4.69) is 10.4 Å². The second-order valence-corrected chi connectivity index (χ2v) is 11.5. The monoisotopic (exact) mass is 564 g/mol. The molecule has 3 heterocycles. The van der Waals surface area contributed by atoms with E-state index in [1.807, 2.05) is 6.92 Å². The van der Waals surface area contributed by atoms with Crippen LogP contribution in [0.1, 0.15) is 42.3 Å². The highest BCUT2D eigenvalue weighted by molar-refractivity contribution is 7.97. The topological polar surface area (TPSA) is 153 Å². The molecule has 1 fully saturated rings. The fourth-order valence-electron chi connectivity index (χ4n) is 4.90. The summed E-state index contributed by atoms with van der Waals surface area (Å²) < 4.78 is 41.8. The van der Waals surface area contributed by atoms with Gasteiger partial charge in [-0.05, 0) is 82.3 Å². The Hall–Kier alpha value is -4.16. The molecule has 2 aromatic carbocycles. The Balaban J connectivity index is 1.56. The van der Waals surface area contributed by atoms with Crippen molar-refractivity contribution in [3.63, 3.8) is 0 Å². The highest BCUT2D eigenvalue weighted by Gasteiger charge is 2.38. The van der Waals surface area contributed by atoms with E-state index in [0.717, 1.165) is 25.9 Å². The Morgan fingerprint density at radius 3 is 2.67 bits per heavy atom. The normalized spacial score (nSPS) is 16.6. The van der Waals surface area contributed by atoms with Crippen LogP contribution < -0.4 is 20.1 Å². The zero-order valence-electron chi connectivity index (χ0n) is 22.4. The van der Waals surface area contributed by atoms with Gasteiger partial charge in [0, 0.05) is 11.1 Å². The molecule has 5 rings (SSSR count). The second kappa shape index (κ2) is 11.1. The average molecular weight is 565 g/mol. The van der Waals surface area contributed by atoms with Crippen molar-refractivity contribution < 1.29 is 22.7 Å². The van der Waals surface area contributed by atoms with Gasteiger partial charge in [0.05, 0.1) is 35.9 Å². The highest BCUT2D eigenvalue weighted by atomic mass is 32.2. The number of ether oxygens (including phenoxy) is 2. The maximum atomic E-state index is 13.8. The first-order chi connectivity index (χ1) is 19.2. The Morgan fingerprint density at radius 1 is 1.18 bits per heavy atom. The van der Waals surface area contributed by atoms with Gasteiger partial charge in [0.2, 0.25) is 0 Å². The fraction of sp³-hybridized carbons (Fsp3) is 0.321. The van der Waals surface area contributed by atoms with Gasteiger partial charge in [-0.15, -0.1) is 0 Å². The molecule has 0 saturated carbocycles. The number of piperidine rings is 1. The molecule has 0 unspecified atom stereocenters. The summed E-state index contributed by atoms with van der Waals surface area (Å²) in [6.45, 7) is 5.11. The number of hydrogen-bond acceptors (Lipinski definition) is 8. The lowest BCUT2D eigenvalue weighted by Crippen LogP contribution is -2.37. The summed E-state index contributed by atoms with van der Waals surface area (Å²) in [5.41, 5.74) is 9.00. The van der Waals surface area contributed by atoms with Crippen LogP contribution in [0.3, 0.4) is 0 Å². The number of hydrogen-bond donors (Lipinski definition) is 3. The van der Waals surface area contributed by atoms with Crippen molar-refractivity contribution >= 4 is 33.6 Å². The molecule has 1 aromatic heterocycles. The molecule has 0 spiro atoms. The van der Waals surface area contributed by atoms with Crippen molar-refractivity contribution in [2.24, 2.45) is 5.73 Å². The van der Waals surface area contributed by atoms with Crippen LogP contribution in [0.4, 0.5) is 5.69 Å². The van der Waals surface area contributed by atoms with Gasteiger partial charge < -0.3 is 20.5 Å². The standard InChI is InChI=1S/C28H32N6O5S/c1-3-38-28(35)26-16-20-15-24(39-23-9-11-31-12-10-23)7-8-25(20)33(40(26,36)37)17-22-13-18(2)32-34(22)21-6-4-5-19(14-21)27(29)30/h4-8,13-16,23,31H,3,9-12,17H2,1-2H3,(H3,29,30). The fourth-order valence-corrected chi connectivity index (χ4v) is 6.41. The smallest absolute Gasteiger partial charge is 0.351 e. The summed E-state index contributed by atoms with van der Waals surface area (Å²) >= 11 is 0. The number of esters is 1. The Bertz CT molecular complexity index is 1590. The van der Waals surface area contributed by atoms with Crippen LogP contribution in [0.25, 0.3) is 11.8 Å². The lowest BCUT2D eigenvalue weighted by Gasteiger charge is -2.31. The van der Waals surface area contributed by atoms with Gasteiger partial charge in [-0.2, -0.15) is 5.10 Å². The third kappa shape index (κ3) is 5.45. The number of anilines is 1. The average Bonchev–Trinajstić information content (AvgIpc) is 3.31. The van der Waals surface area contributed by atoms with Gasteiger partial charge in [-0.1, -0.05) is 12.1 Å². The number of fused-ring (bicyclic) bond motifs is 1. The highest BCUT2D eigenvalue weighted by Crippen LogP contribution is 2.38. The van der Waals surface area contributed by atoms with Crippen LogP contribution in [-0.2, 0) is 26.1 Å². The second-order valence-electron chi connectivity index (χ2n) is 9.68. The van der Waals surface area contributed by atoms with E-state index in [1.54, 1.807) is 60.1 Å². The number of aryl methyl sites for hydroxylation is 1. The molecule has 11 nitrogen and oxygen atoms in total. The minimum atomic E-state index is -4.27. The van der Waals surface area contributed by atoms with E-state index in [1.165, 1.54) is 10.4 Å². The van der Waals surface area contributed by atoms with Crippen LogP contribution in [0.5, 0.6) is 5.75 Å². The van der Waals surface area contributed by atoms with Crippen molar-refractivity contribution in [1.29, 1.82) is 5.41 Å². The SMILES string of the molecule is CCOC(=O)C1=Cc2cc(OC3CCNCC3)ccc2N(Cc2cc(C)nn2-c2cccc(C(=N)N)c2)S1(=O)=O. The maximum absolute atomic E-state index is 13.8. The van der Waals surface area contributed by atoms with E-state index in [4.69, 9.17) is 20.6 Å². The van der Waals surface area contributed by atoms with Crippen LogP contribution in [0.15, 0.2) is 53.4 Å². The number of aromatic nitrogens is 2. The van der Waals surface area contributed by atoms with Crippen molar-refractivity contribution in [1.82, 2.24) is 15.1 Å². The molecular formula is C28H32N6O5S. The number of nitrogen functional groups attached to an aromatic ring is 1. The zero-order valence-corrected chi connectivity index (χ0v) is 23.2. The summed E-state index contributed by atoms with van der Waals surface area (Å²) in [5, 5.41) is 15.7. The van der Waals surface area contributed by atoms with Crippen molar-refractivity contribution in [3.05, 3.63) is 76.0 Å². The molecule has 0 radical (unpaired) electrons. The van der Waals surface area contributed by atoms with Crippen molar-refractivity contribution in [3.8, 4) is 11.4 Å². The van der Waals surface area contributed by atoms with Crippen LogP contribution in [0, 0.1) is 12.3 Å². The maximum Gasteiger partial charge on any atom is 0.351 e. The summed E-state index contributed by atoms with van der Waals surface area (Å²) in [6.07, 6.45) is 3.15. The van der Waals surface area contributed by atoms with E-state index in [0.29, 0.717) is 39.6 Å². The summed E-state index contributed by atoms with van der Waals surface area (Å²) in [7, 11) is -4.27. The first-order valence-electron chi connectivity index (χ1n) is 13.1. The Morgan fingerprint density at radius 2 is 1.95 bits per heavy atom. The van der Waals surface area contributed by atoms with Gasteiger partial charge in [0.1, 0.15) is 17.7 Å². The number of sulfonamides is 1. The third-order valence-corrected chi connectivity index (χ3v) is 8.55. The number of carbonyl (C=O) groups excluding carboxylic acids is 1. The minimum absolute atomic E-state index is 0.0376. The van der Waals surface area contributed by atoms with Gasteiger partial charge in [-0.25, -0.2) is 17.9 Å². The van der Waals surface area contributed by atoms with Crippen LogP contribution >= 0.6 is 0 Å². The zero-order chi connectivity index (χ0) is 28.4. The number of nitrogens with zero attached hydrogens (tertiary/aromatic N) is 3. The molecule has 3 aromatic rings. The molecule has 4 N–H and O–H groups in total. The number of carbonyl (C=O) groups is 1. The molecule has 0 atom stereocenters. The van der Waals surface area contributed by atoms with Crippen molar-refractivity contribution in [2.75, 3.05) is 24.0 Å². The quantitative estimate of drug-likeness (QED) is 0.215. The minimum Gasteiger partial charge on any atom is -0.490 e. The summed E-state index contributed by atoms with van der Waals surface area (Å²) in [5.74, 6) is -0.403. The van der Waals surface area contributed by atoms with Crippen molar-refractivity contribution in [2.45, 2.75) is 39.3 Å². The molecule has 40 heavy (non-hydrogen) atoms. The molecule has 2 aliphatic rings. The lowest BCUT2D eigenvalue weighted by molar-refractivity contribution is -0.137. The lowest BCUT2D eigenvalue weighted by atomic mass is 10.1. The number of rotatable bonds is 8.